The summed E-state index contributed by atoms with van der Waals surface area (Å²) in [4.78, 5) is 13.3. The lowest BCUT2D eigenvalue weighted by Gasteiger charge is -2.36. The first kappa shape index (κ1) is 23.9. The van der Waals surface area contributed by atoms with Crippen molar-refractivity contribution in [2.75, 3.05) is 26.2 Å². The first-order valence-corrected chi connectivity index (χ1v) is 11.7. The van der Waals surface area contributed by atoms with Crippen LogP contribution in [0, 0.1) is 19.8 Å². The number of aryl methyl sites for hydroxylation is 2. The van der Waals surface area contributed by atoms with E-state index in [1.165, 1.54) is 69.5 Å². The number of hydrogen-bond acceptors (Lipinski definition) is 4. The van der Waals surface area contributed by atoms with Gasteiger partial charge in [0.2, 0.25) is 0 Å². The van der Waals surface area contributed by atoms with Crippen LogP contribution in [0.15, 0.2) is 4.99 Å². The number of aliphatic imine (C=N–C) groups is 1. The van der Waals surface area contributed by atoms with Crippen molar-refractivity contribution in [2.45, 2.75) is 78.3 Å². The van der Waals surface area contributed by atoms with Gasteiger partial charge in [-0.05, 0) is 52.4 Å². The highest BCUT2D eigenvalue weighted by Gasteiger charge is 2.23. The molecule has 2 heterocycles. The zero-order chi connectivity index (χ0) is 19.1. The fraction of sp³-hybridized carbons (Fsp3) is 0.810. The van der Waals surface area contributed by atoms with Gasteiger partial charge in [-0.3, -0.25) is 0 Å². The van der Waals surface area contributed by atoms with E-state index in [1.807, 2.05) is 0 Å². The van der Waals surface area contributed by atoms with Gasteiger partial charge in [0, 0.05) is 37.1 Å². The standard InChI is InChI=1S/C21H37N5S.HI/c1-4-22-21(23-14-20-16(2)24-17(3)27-20)25-19-10-12-26(13-11-19)15-18-8-6-5-7-9-18;/h18-19H,4-15H2,1-3H3,(H2,22,23,25);1H. The van der Waals surface area contributed by atoms with Gasteiger partial charge in [-0.15, -0.1) is 35.3 Å². The molecule has 5 nitrogen and oxygen atoms in total. The molecule has 2 fully saturated rings. The Morgan fingerprint density at radius 2 is 1.86 bits per heavy atom. The average Bonchev–Trinajstić information content (AvgIpc) is 2.99. The van der Waals surface area contributed by atoms with Crippen LogP contribution in [0.2, 0.25) is 0 Å². The Balaban J connectivity index is 0.00000280. The molecule has 0 spiro atoms. The van der Waals surface area contributed by atoms with E-state index >= 15 is 0 Å². The summed E-state index contributed by atoms with van der Waals surface area (Å²) in [5.41, 5.74) is 1.12. The molecule has 28 heavy (non-hydrogen) atoms. The molecule has 1 saturated carbocycles. The Morgan fingerprint density at radius 3 is 2.46 bits per heavy atom. The smallest absolute Gasteiger partial charge is 0.191 e. The van der Waals surface area contributed by atoms with E-state index in [4.69, 9.17) is 4.99 Å². The van der Waals surface area contributed by atoms with Crippen LogP contribution >= 0.6 is 35.3 Å². The van der Waals surface area contributed by atoms with Gasteiger partial charge in [0.05, 0.1) is 17.2 Å². The van der Waals surface area contributed by atoms with E-state index < -0.39 is 0 Å². The van der Waals surface area contributed by atoms with Gasteiger partial charge in [-0.25, -0.2) is 9.98 Å². The maximum atomic E-state index is 4.82. The summed E-state index contributed by atoms with van der Waals surface area (Å²) in [6.07, 6.45) is 9.69. The summed E-state index contributed by atoms with van der Waals surface area (Å²) in [6, 6.07) is 0.537. The number of thiazole rings is 1. The fourth-order valence-electron chi connectivity index (χ4n) is 4.38. The summed E-state index contributed by atoms with van der Waals surface area (Å²) in [5.74, 6) is 1.90. The number of piperidine rings is 1. The molecule has 0 aromatic carbocycles. The number of nitrogens with zero attached hydrogens (tertiary/aromatic N) is 3. The van der Waals surface area contributed by atoms with Gasteiger partial charge in [0.1, 0.15) is 0 Å². The molecule has 2 N–H and O–H groups in total. The lowest BCUT2D eigenvalue weighted by Crippen LogP contribution is -2.49. The molecule has 1 aliphatic heterocycles. The molecule has 1 saturated heterocycles. The third-order valence-corrected chi connectivity index (χ3v) is 6.95. The lowest BCUT2D eigenvalue weighted by atomic mass is 9.88. The summed E-state index contributed by atoms with van der Waals surface area (Å²) < 4.78 is 0. The molecule has 0 bridgehead atoms. The molecule has 1 aliphatic carbocycles. The van der Waals surface area contributed by atoms with Crippen molar-refractivity contribution in [2.24, 2.45) is 10.9 Å². The minimum absolute atomic E-state index is 0. The molecule has 160 valence electrons. The second kappa shape index (κ2) is 12.3. The molecular formula is C21H38IN5S. The first-order chi connectivity index (χ1) is 13.1. The first-order valence-electron chi connectivity index (χ1n) is 10.8. The fourth-order valence-corrected chi connectivity index (χ4v) is 5.24. The molecule has 7 heteroatoms. The summed E-state index contributed by atoms with van der Waals surface area (Å²) >= 11 is 1.76. The van der Waals surface area contributed by atoms with Crippen molar-refractivity contribution in [1.82, 2.24) is 20.5 Å². The van der Waals surface area contributed by atoms with Gasteiger partial charge < -0.3 is 15.5 Å². The van der Waals surface area contributed by atoms with Crippen molar-refractivity contribution in [3.8, 4) is 0 Å². The zero-order valence-corrected chi connectivity index (χ0v) is 20.9. The molecule has 3 rings (SSSR count). The van der Waals surface area contributed by atoms with Gasteiger partial charge in [-0.1, -0.05) is 19.3 Å². The van der Waals surface area contributed by atoms with Crippen LogP contribution in [0.5, 0.6) is 0 Å². The molecular weight excluding hydrogens is 481 g/mol. The summed E-state index contributed by atoms with van der Waals surface area (Å²) in [6.45, 7) is 11.7. The van der Waals surface area contributed by atoms with Crippen LogP contribution in [-0.4, -0.2) is 48.1 Å². The number of rotatable bonds is 6. The Hall–Kier alpha value is -0.410. The Morgan fingerprint density at radius 1 is 1.14 bits per heavy atom. The minimum Gasteiger partial charge on any atom is -0.357 e. The van der Waals surface area contributed by atoms with E-state index in [0.29, 0.717) is 12.6 Å². The number of nitrogens with one attached hydrogen (secondary N) is 2. The minimum atomic E-state index is 0. The third kappa shape index (κ3) is 7.44. The zero-order valence-electron chi connectivity index (χ0n) is 17.8. The number of halogens is 1. The molecule has 0 radical (unpaired) electrons. The Labute approximate surface area is 192 Å². The normalized spacial score (nSPS) is 20.0. The van der Waals surface area contributed by atoms with E-state index in [-0.39, 0.29) is 24.0 Å². The van der Waals surface area contributed by atoms with E-state index in [1.54, 1.807) is 11.3 Å². The quantitative estimate of drug-likeness (QED) is 0.331. The molecule has 2 aliphatic rings. The second-order valence-electron chi connectivity index (χ2n) is 8.16. The second-order valence-corrected chi connectivity index (χ2v) is 9.45. The van der Waals surface area contributed by atoms with Gasteiger partial charge in [-0.2, -0.15) is 0 Å². The van der Waals surface area contributed by atoms with Crippen molar-refractivity contribution in [3.05, 3.63) is 15.6 Å². The predicted molar refractivity (Wildman–Crippen MR) is 131 cm³/mol. The van der Waals surface area contributed by atoms with Crippen LogP contribution in [0.3, 0.4) is 0 Å². The monoisotopic (exact) mass is 519 g/mol. The van der Waals surface area contributed by atoms with Crippen LogP contribution in [-0.2, 0) is 6.54 Å². The van der Waals surface area contributed by atoms with Crippen LogP contribution in [0.4, 0.5) is 0 Å². The van der Waals surface area contributed by atoms with E-state index in [2.05, 4.69) is 41.3 Å². The van der Waals surface area contributed by atoms with Crippen LogP contribution in [0.25, 0.3) is 0 Å². The number of likely N-dealkylation sites (tertiary alicyclic amines) is 1. The van der Waals surface area contributed by atoms with Gasteiger partial charge in [0.15, 0.2) is 5.96 Å². The maximum Gasteiger partial charge on any atom is 0.191 e. The van der Waals surface area contributed by atoms with Crippen molar-refractivity contribution in [1.29, 1.82) is 0 Å². The Bertz CT molecular complexity index is 604. The highest BCUT2D eigenvalue weighted by Crippen LogP contribution is 2.25. The topological polar surface area (TPSA) is 52.6 Å². The number of hydrogen-bond donors (Lipinski definition) is 2. The third-order valence-electron chi connectivity index (χ3n) is 5.89. The average molecular weight is 520 g/mol. The van der Waals surface area contributed by atoms with Crippen molar-refractivity contribution < 1.29 is 0 Å². The maximum absolute atomic E-state index is 4.82. The van der Waals surface area contributed by atoms with Crippen LogP contribution < -0.4 is 10.6 Å². The van der Waals surface area contributed by atoms with E-state index in [9.17, 15) is 0 Å². The molecule has 0 unspecified atom stereocenters. The van der Waals surface area contributed by atoms with Crippen LogP contribution in [0.1, 0.15) is 67.4 Å². The van der Waals surface area contributed by atoms with Gasteiger partial charge in [0.25, 0.3) is 0 Å². The largest absolute Gasteiger partial charge is 0.357 e. The number of guanidine groups is 1. The van der Waals surface area contributed by atoms with Gasteiger partial charge >= 0.3 is 0 Å². The summed E-state index contributed by atoms with van der Waals surface area (Å²) in [7, 11) is 0. The SMILES string of the molecule is CCNC(=NCc1sc(C)nc1C)NC1CCN(CC2CCCCC2)CC1.I. The van der Waals surface area contributed by atoms with E-state index in [0.717, 1.165) is 29.1 Å². The molecule has 0 atom stereocenters. The van der Waals surface area contributed by atoms with Crippen molar-refractivity contribution >= 4 is 41.3 Å². The highest BCUT2D eigenvalue weighted by molar-refractivity contribution is 14.0. The predicted octanol–water partition coefficient (Wildman–Crippen LogP) is 4.48. The lowest BCUT2D eigenvalue weighted by molar-refractivity contribution is 0.160. The summed E-state index contributed by atoms with van der Waals surface area (Å²) in [5, 5.41) is 8.21. The molecule has 1 aromatic rings. The molecule has 0 amide bonds. The Kier molecular flexibility index (Phi) is 10.5. The number of aromatic nitrogens is 1. The molecule has 1 aromatic heterocycles. The highest BCUT2D eigenvalue weighted by atomic mass is 127. The van der Waals surface area contributed by atoms with Crippen molar-refractivity contribution in [3.63, 3.8) is 0 Å².